The second kappa shape index (κ2) is 4.66. The molecule has 1 aromatic heterocycles. The SMILES string of the molecule is CC(NCC(N)=O)c1cncc(F)c1. The van der Waals surface area contributed by atoms with Gasteiger partial charge in [-0.2, -0.15) is 0 Å². The lowest BCUT2D eigenvalue weighted by Crippen LogP contribution is -2.30. The molecule has 0 fully saturated rings. The highest BCUT2D eigenvalue weighted by molar-refractivity contribution is 5.75. The van der Waals surface area contributed by atoms with Crippen molar-refractivity contribution in [3.05, 3.63) is 29.8 Å². The van der Waals surface area contributed by atoms with Gasteiger partial charge < -0.3 is 11.1 Å². The molecule has 4 nitrogen and oxygen atoms in total. The number of aromatic nitrogens is 1. The number of carbonyl (C=O) groups is 1. The summed E-state index contributed by atoms with van der Waals surface area (Å²) in [5.41, 5.74) is 5.64. The number of carbonyl (C=O) groups excluding carboxylic acids is 1. The zero-order valence-electron chi connectivity index (χ0n) is 7.83. The van der Waals surface area contributed by atoms with Crippen LogP contribution < -0.4 is 11.1 Å². The van der Waals surface area contributed by atoms with E-state index in [0.717, 1.165) is 6.20 Å². The number of nitrogens with two attached hydrogens (primary N) is 1. The fourth-order valence-electron chi connectivity index (χ4n) is 1.04. The Morgan fingerprint density at radius 2 is 2.43 bits per heavy atom. The summed E-state index contributed by atoms with van der Waals surface area (Å²) in [4.78, 5) is 14.2. The van der Waals surface area contributed by atoms with Crippen molar-refractivity contribution < 1.29 is 9.18 Å². The molecule has 3 N–H and O–H groups in total. The molecule has 0 aliphatic rings. The largest absolute Gasteiger partial charge is 0.369 e. The van der Waals surface area contributed by atoms with Crippen LogP contribution in [0.1, 0.15) is 18.5 Å². The lowest BCUT2D eigenvalue weighted by atomic mass is 10.1. The molecule has 0 aromatic carbocycles. The van der Waals surface area contributed by atoms with Crippen LogP contribution in [0.2, 0.25) is 0 Å². The van der Waals surface area contributed by atoms with E-state index in [4.69, 9.17) is 5.73 Å². The molecule has 0 aliphatic heterocycles. The normalized spacial score (nSPS) is 12.4. The van der Waals surface area contributed by atoms with Crippen LogP contribution in [-0.2, 0) is 4.79 Å². The molecule has 0 spiro atoms. The van der Waals surface area contributed by atoms with Crippen LogP contribution in [0.15, 0.2) is 18.5 Å². The molecule has 76 valence electrons. The van der Waals surface area contributed by atoms with Crippen molar-refractivity contribution >= 4 is 5.91 Å². The van der Waals surface area contributed by atoms with E-state index in [2.05, 4.69) is 10.3 Å². The lowest BCUT2D eigenvalue weighted by molar-refractivity contribution is -0.117. The minimum absolute atomic E-state index is 0.0671. The fraction of sp³-hybridized carbons (Fsp3) is 0.333. The lowest BCUT2D eigenvalue weighted by Gasteiger charge is -2.11. The van der Waals surface area contributed by atoms with E-state index < -0.39 is 11.7 Å². The third-order valence-electron chi connectivity index (χ3n) is 1.81. The van der Waals surface area contributed by atoms with E-state index in [1.807, 2.05) is 0 Å². The maximum atomic E-state index is 12.7. The summed E-state index contributed by atoms with van der Waals surface area (Å²) in [6.07, 6.45) is 2.67. The van der Waals surface area contributed by atoms with Crippen LogP contribution in [0.4, 0.5) is 4.39 Å². The molecule has 1 amide bonds. The van der Waals surface area contributed by atoms with Gasteiger partial charge in [-0.1, -0.05) is 0 Å². The number of primary amides is 1. The highest BCUT2D eigenvalue weighted by Gasteiger charge is 2.06. The Balaban J connectivity index is 2.60. The van der Waals surface area contributed by atoms with Crippen molar-refractivity contribution in [2.75, 3.05) is 6.54 Å². The van der Waals surface area contributed by atoms with Gasteiger partial charge in [0.1, 0.15) is 5.82 Å². The monoisotopic (exact) mass is 197 g/mol. The summed E-state index contributed by atoms with van der Waals surface area (Å²) in [6, 6.07) is 1.22. The topological polar surface area (TPSA) is 68.0 Å². The number of hydrogen-bond acceptors (Lipinski definition) is 3. The van der Waals surface area contributed by atoms with Crippen LogP contribution in [0.5, 0.6) is 0 Å². The molecule has 14 heavy (non-hydrogen) atoms. The molecular weight excluding hydrogens is 185 g/mol. The molecule has 1 atom stereocenters. The van der Waals surface area contributed by atoms with Crippen LogP contribution in [0.25, 0.3) is 0 Å². The number of halogens is 1. The van der Waals surface area contributed by atoms with Crippen molar-refractivity contribution in [3.8, 4) is 0 Å². The molecule has 1 aromatic rings. The Kier molecular flexibility index (Phi) is 3.53. The first kappa shape index (κ1) is 10.6. The van der Waals surface area contributed by atoms with Crippen molar-refractivity contribution in [3.63, 3.8) is 0 Å². The molecule has 5 heteroatoms. The summed E-state index contributed by atoms with van der Waals surface area (Å²) < 4.78 is 12.7. The predicted molar refractivity (Wildman–Crippen MR) is 49.8 cm³/mol. The highest BCUT2D eigenvalue weighted by atomic mass is 19.1. The van der Waals surface area contributed by atoms with Gasteiger partial charge in [0, 0.05) is 12.2 Å². The first-order valence-corrected chi connectivity index (χ1v) is 4.21. The summed E-state index contributed by atoms with van der Waals surface area (Å²) in [5.74, 6) is -0.837. The number of hydrogen-bond donors (Lipinski definition) is 2. The maximum Gasteiger partial charge on any atom is 0.231 e. The van der Waals surface area contributed by atoms with Gasteiger partial charge in [-0.15, -0.1) is 0 Å². The Labute approximate surface area is 81.3 Å². The van der Waals surface area contributed by atoms with E-state index in [1.54, 1.807) is 13.1 Å². The minimum atomic E-state index is -0.443. The van der Waals surface area contributed by atoms with Gasteiger partial charge in [0.2, 0.25) is 5.91 Å². The number of nitrogens with one attached hydrogen (secondary N) is 1. The van der Waals surface area contributed by atoms with Gasteiger partial charge in [-0.3, -0.25) is 9.78 Å². The first-order valence-electron chi connectivity index (χ1n) is 4.21. The molecule has 1 unspecified atom stereocenters. The van der Waals surface area contributed by atoms with Crippen LogP contribution in [0.3, 0.4) is 0 Å². The number of amides is 1. The Hall–Kier alpha value is -1.49. The molecule has 0 saturated carbocycles. The molecule has 0 bridgehead atoms. The average molecular weight is 197 g/mol. The average Bonchev–Trinajstić information content (AvgIpc) is 2.14. The standard InChI is InChI=1S/C9H12FN3O/c1-6(13-5-9(11)14)7-2-8(10)4-12-3-7/h2-4,6,13H,5H2,1H3,(H2,11,14). The van der Waals surface area contributed by atoms with Crippen LogP contribution in [0, 0.1) is 5.82 Å². The number of pyridine rings is 1. The van der Waals surface area contributed by atoms with Crippen molar-refractivity contribution in [2.24, 2.45) is 5.73 Å². The summed E-state index contributed by atoms with van der Waals surface area (Å²) in [5, 5.41) is 2.84. The van der Waals surface area contributed by atoms with Crippen molar-refractivity contribution in [2.45, 2.75) is 13.0 Å². The minimum Gasteiger partial charge on any atom is -0.369 e. The molecule has 1 rings (SSSR count). The predicted octanol–water partition coefficient (Wildman–Crippen LogP) is 0.357. The highest BCUT2D eigenvalue weighted by Crippen LogP contribution is 2.10. The van der Waals surface area contributed by atoms with E-state index in [1.165, 1.54) is 6.07 Å². The first-order chi connectivity index (χ1) is 6.59. The third-order valence-corrected chi connectivity index (χ3v) is 1.81. The van der Waals surface area contributed by atoms with Gasteiger partial charge in [-0.05, 0) is 18.6 Å². The molecular formula is C9H12FN3O. The van der Waals surface area contributed by atoms with Crippen molar-refractivity contribution in [1.29, 1.82) is 0 Å². The quantitative estimate of drug-likeness (QED) is 0.732. The molecule has 1 heterocycles. The second-order valence-corrected chi connectivity index (χ2v) is 3.01. The van der Waals surface area contributed by atoms with E-state index in [0.29, 0.717) is 5.56 Å². The van der Waals surface area contributed by atoms with Gasteiger partial charge >= 0.3 is 0 Å². The molecule has 0 aliphatic carbocycles. The Morgan fingerprint density at radius 1 is 1.71 bits per heavy atom. The van der Waals surface area contributed by atoms with Gasteiger partial charge in [0.05, 0.1) is 12.7 Å². The van der Waals surface area contributed by atoms with E-state index in [-0.39, 0.29) is 12.6 Å². The van der Waals surface area contributed by atoms with Crippen molar-refractivity contribution in [1.82, 2.24) is 10.3 Å². The van der Waals surface area contributed by atoms with E-state index >= 15 is 0 Å². The number of nitrogens with zero attached hydrogens (tertiary/aromatic N) is 1. The van der Waals surface area contributed by atoms with Gasteiger partial charge in [0.15, 0.2) is 0 Å². The zero-order valence-corrected chi connectivity index (χ0v) is 7.83. The summed E-state index contributed by atoms with van der Waals surface area (Å²) in [6.45, 7) is 1.87. The molecule has 0 radical (unpaired) electrons. The fourth-order valence-corrected chi connectivity index (χ4v) is 1.04. The Morgan fingerprint density at radius 3 is 3.00 bits per heavy atom. The van der Waals surface area contributed by atoms with Gasteiger partial charge in [-0.25, -0.2) is 4.39 Å². The third kappa shape index (κ3) is 3.10. The van der Waals surface area contributed by atoms with Crippen LogP contribution >= 0.6 is 0 Å². The number of rotatable bonds is 4. The van der Waals surface area contributed by atoms with Crippen LogP contribution in [-0.4, -0.2) is 17.4 Å². The maximum absolute atomic E-state index is 12.7. The smallest absolute Gasteiger partial charge is 0.231 e. The Bertz CT molecular complexity index is 330. The van der Waals surface area contributed by atoms with Gasteiger partial charge in [0.25, 0.3) is 0 Å². The van der Waals surface area contributed by atoms with E-state index in [9.17, 15) is 9.18 Å². The summed E-state index contributed by atoms with van der Waals surface area (Å²) in [7, 11) is 0. The molecule has 0 saturated heterocycles. The zero-order chi connectivity index (χ0) is 10.6. The second-order valence-electron chi connectivity index (χ2n) is 3.01. The summed E-state index contributed by atoms with van der Waals surface area (Å²) >= 11 is 0.